The Labute approximate surface area is 133 Å². The van der Waals surface area contributed by atoms with Crippen molar-refractivity contribution in [1.29, 1.82) is 0 Å². The molecule has 2 rings (SSSR count). The minimum Gasteiger partial charge on any atom is -0.388 e. The highest BCUT2D eigenvalue weighted by molar-refractivity contribution is 5.73. The van der Waals surface area contributed by atoms with Crippen LogP contribution in [0.25, 0.3) is 10.4 Å². The van der Waals surface area contributed by atoms with Crippen molar-refractivity contribution in [3.8, 4) is 0 Å². The lowest BCUT2D eigenvalue weighted by Gasteiger charge is -2.49. The number of carbonyl (C=O) groups is 1. The number of azide groups is 1. The SMILES string of the molecule is CC(=O)N[C@H]1[C@H](OCCN=[N+]=[N-])O[C@@H]2COC(C)(C)O[C@H]2[C@@H]1O. The van der Waals surface area contributed by atoms with Crippen molar-refractivity contribution < 1.29 is 28.8 Å². The van der Waals surface area contributed by atoms with Gasteiger partial charge in [0.2, 0.25) is 5.91 Å². The average Bonchev–Trinajstić information content (AvgIpc) is 2.47. The van der Waals surface area contributed by atoms with E-state index in [1.807, 2.05) is 0 Å². The first-order valence-electron chi connectivity index (χ1n) is 7.39. The molecular formula is C13H22N4O6. The van der Waals surface area contributed by atoms with Gasteiger partial charge in [-0.1, -0.05) is 5.11 Å². The lowest BCUT2D eigenvalue weighted by molar-refractivity contribution is -0.368. The summed E-state index contributed by atoms with van der Waals surface area (Å²) in [5.74, 6) is -1.17. The summed E-state index contributed by atoms with van der Waals surface area (Å²) in [7, 11) is 0. The third-order valence-corrected chi connectivity index (χ3v) is 3.59. The van der Waals surface area contributed by atoms with Gasteiger partial charge in [-0.05, 0) is 19.4 Å². The molecule has 0 spiro atoms. The maximum Gasteiger partial charge on any atom is 0.217 e. The van der Waals surface area contributed by atoms with E-state index < -0.39 is 36.4 Å². The third-order valence-electron chi connectivity index (χ3n) is 3.59. The van der Waals surface area contributed by atoms with Gasteiger partial charge in [0.15, 0.2) is 12.1 Å². The summed E-state index contributed by atoms with van der Waals surface area (Å²) in [5.41, 5.74) is 8.26. The highest BCUT2D eigenvalue weighted by Gasteiger charge is 2.51. The molecule has 2 aliphatic rings. The second kappa shape index (κ2) is 7.43. The molecule has 0 saturated carbocycles. The Bertz CT molecular complexity index is 481. The van der Waals surface area contributed by atoms with Gasteiger partial charge in [-0.3, -0.25) is 4.79 Å². The molecule has 10 heteroatoms. The summed E-state index contributed by atoms with van der Waals surface area (Å²) in [6.07, 6.45) is -3.08. The Morgan fingerprint density at radius 1 is 1.57 bits per heavy atom. The number of aliphatic hydroxyl groups excluding tert-OH is 1. The number of hydrogen-bond donors (Lipinski definition) is 2. The van der Waals surface area contributed by atoms with E-state index in [0.717, 1.165) is 0 Å². The van der Waals surface area contributed by atoms with Gasteiger partial charge in [-0.2, -0.15) is 0 Å². The van der Waals surface area contributed by atoms with E-state index in [2.05, 4.69) is 15.3 Å². The van der Waals surface area contributed by atoms with Gasteiger partial charge >= 0.3 is 0 Å². The number of amides is 1. The van der Waals surface area contributed by atoms with Crippen LogP contribution in [0.1, 0.15) is 20.8 Å². The summed E-state index contributed by atoms with van der Waals surface area (Å²) in [4.78, 5) is 14.0. The van der Waals surface area contributed by atoms with Crippen LogP contribution < -0.4 is 5.32 Å². The predicted molar refractivity (Wildman–Crippen MR) is 77.1 cm³/mol. The minimum absolute atomic E-state index is 0.0993. The first-order valence-corrected chi connectivity index (χ1v) is 7.39. The van der Waals surface area contributed by atoms with Gasteiger partial charge < -0.3 is 29.4 Å². The summed E-state index contributed by atoms with van der Waals surface area (Å²) < 4.78 is 22.5. The predicted octanol–water partition coefficient (Wildman–Crippen LogP) is 0.0553. The van der Waals surface area contributed by atoms with Crippen LogP contribution in [0.15, 0.2) is 5.11 Å². The van der Waals surface area contributed by atoms with Crippen molar-refractivity contribution in [3.05, 3.63) is 10.4 Å². The van der Waals surface area contributed by atoms with E-state index in [4.69, 9.17) is 24.5 Å². The van der Waals surface area contributed by atoms with E-state index in [1.165, 1.54) is 6.92 Å². The normalized spacial score (nSPS) is 35.7. The molecule has 0 aromatic heterocycles. The van der Waals surface area contributed by atoms with Crippen LogP contribution in [0.4, 0.5) is 0 Å². The summed E-state index contributed by atoms with van der Waals surface area (Å²) in [5, 5.41) is 16.6. The molecule has 130 valence electrons. The molecule has 0 unspecified atom stereocenters. The lowest BCUT2D eigenvalue weighted by Crippen LogP contribution is -2.68. The maximum absolute atomic E-state index is 11.4. The zero-order chi connectivity index (χ0) is 17.0. The number of aliphatic hydroxyl groups is 1. The zero-order valence-corrected chi connectivity index (χ0v) is 13.3. The molecule has 2 N–H and O–H groups in total. The number of nitrogens with zero attached hydrogens (tertiary/aromatic N) is 3. The van der Waals surface area contributed by atoms with Gasteiger partial charge in [0, 0.05) is 18.4 Å². The van der Waals surface area contributed by atoms with Gasteiger partial charge in [-0.25, -0.2) is 0 Å². The van der Waals surface area contributed by atoms with Crippen molar-refractivity contribution in [2.24, 2.45) is 5.11 Å². The van der Waals surface area contributed by atoms with Gasteiger partial charge in [0.1, 0.15) is 24.4 Å². The first kappa shape index (κ1) is 17.9. The average molecular weight is 330 g/mol. The van der Waals surface area contributed by atoms with E-state index >= 15 is 0 Å². The number of carbonyl (C=O) groups excluding carboxylic acids is 1. The van der Waals surface area contributed by atoms with Crippen LogP contribution in [0.5, 0.6) is 0 Å². The molecule has 0 bridgehead atoms. The lowest BCUT2D eigenvalue weighted by atomic mass is 9.95. The molecule has 2 heterocycles. The van der Waals surface area contributed by atoms with Crippen molar-refractivity contribution in [2.45, 2.75) is 57.2 Å². The molecule has 5 atom stereocenters. The molecular weight excluding hydrogens is 308 g/mol. The van der Waals surface area contributed by atoms with Gasteiger partial charge in [0.05, 0.1) is 13.2 Å². The van der Waals surface area contributed by atoms with Gasteiger partial charge in [0.25, 0.3) is 0 Å². The Kier molecular flexibility index (Phi) is 5.79. The molecule has 0 aromatic carbocycles. The first-order chi connectivity index (χ1) is 10.8. The molecule has 10 nitrogen and oxygen atoms in total. The highest BCUT2D eigenvalue weighted by Crippen LogP contribution is 2.32. The fraction of sp³-hybridized carbons (Fsp3) is 0.923. The van der Waals surface area contributed by atoms with Crippen molar-refractivity contribution in [1.82, 2.24) is 5.32 Å². The topological polar surface area (TPSA) is 135 Å². The van der Waals surface area contributed by atoms with Crippen LogP contribution in [0.3, 0.4) is 0 Å². The number of rotatable bonds is 5. The fourth-order valence-electron chi connectivity index (χ4n) is 2.63. The molecule has 1 amide bonds. The Hall–Kier alpha value is -1.42. The quantitative estimate of drug-likeness (QED) is 0.316. The summed E-state index contributed by atoms with van der Waals surface area (Å²) in [6, 6.07) is -0.797. The van der Waals surface area contributed by atoms with Crippen LogP contribution in [-0.4, -0.2) is 67.2 Å². The monoisotopic (exact) mass is 330 g/mol. The van der Waals surface area contributed by atoms with E-state index in [1.54, 1.807) is 13.8 Å². The van der Waals surface area contributed by atoms with E-state index in [9.17, 15) is 9.90 Å². The Morgan fingerprint density at radius 3 is 2.96 bits per heavy atom. The van der Waals surface area contributed by atoms with Crippen LogP contribution in [0.2, 0.25) is 0 Å². The fourth-order valence-corrected chi connectivity index (χ4v) is 2.63. The zero-order valence-electron chi connectivity index (χ0n) is 13.3. The van der Waals surface area contributed by atoms with E-state index in [0.29, 0.717) is 0 Å². The standard InChI is InChI=1S/C13H22N4O6/c1-7(18)16-9-10(19)11-8(6-21-13(2,3)23-11)22-12(9)20-5-4-15-17-14/h8-12,19H,4-6H2,1-3H3,(H,16,18)/t8-,9-,10-,11-,12-/m1/s1. The number of fused-ring (bicyclic) bond motifs is 1. The Morgan fingerprint density at radius 2 is 2.30 bits per heavy atom. The molecule has 0 aliphatic carbocycles. The molecule has 23 heavy (non-hydrogen) atoms. The minimum atomic E-state index is -1.02. The van der Waals surface area contributed by atoms with Gasteiger partial charge in [-0.15, -0.1) is 0 Å². The van der Waals surface area contributed by atoms with Crippen LogP contribution in [-0.2, 0) is 23.7 Å². The molecule has 2 aliphatic heterocycles. The third kappa shape index (κ3) is 4.54. The van der Waals surface area contributed by atoms with Crippen LogP contribution in [0, 0.1) is 0 Å². The molecule has 0 radical (unpaired) electrons. The number of ether oxygens (including phenoxy) is 4. The molecule has 2 fully saturated rings. The largest absolute Gasteiger partial charge is 0.388 e. The number of hydrogen-bond acceptors (Lipinski definition) is 7. The molecule has 0 aromatic rings. The van der Waals surface area contributed by atoms with Crippen LogP contribution >= 0.6 is 0 Å². The highest BCUT2D eigenvalue weighted by atomic mass is 16.8. The van der Waals surface area contributed by atoms with Crippen molar-refractivity contribution in [3.63, 3.8) is 0 Å². The summed E-state index contributed by atoms with van der Waals surface area (Å²) >= 11 is 0. The maximum atomic E-state index is 11.4. The van der Waals surface area contributed by atoms with Crippen molar-refractivity contribution in [2.75, 3.05) is 19.8 Å². The number of nitrogens with one attached hydrogen (secondary N) is 1. The van der Waals surface area contributed by atoms with Crippen molar-refractivity contribution >= 4 is 5.91 Å². The van der Waals surface area contributed by atoms with E-state index in [-0.39, 0.29) is 25.7 Å². The summed E-state index contributed by atoms with van der Waals surface area (Å²) in [6.45, 7) is 5.27. The Balaban J connectivity index is 2.08. The second-order valence-electron chi connectivity index (χ2n) is 5.88. The molecule has 2 saturated heterocycles. The second-order valence-corrected chi connectivity index (χ2v) is 5.88. The smallest absolute Gasteiger partial charge is 0.217 e.